The Labute approximate surface area is 143 Å². The number of benzene rings is 1. The fraction of sp³-hybridized carbons (Fsp3) is 0.526. The molecule has 3 rings (SSSR count). The molecule has 0 aliphatic carbocycles. The summed E-state index contributed by atoms with van der Waals surface area (Å²) in [7, 11) is 0. The maximum absolute atomic E-state index is 12.6. The predicted octanol–water partition coefficient (Wildman–Crippen LogP) is 4.37. The van der Waals surface area contributed by atoms with Crippen molar-refractivity contribution in [2.24, 2.45) is 0 Å². The minimum atomic E-state index is -0.0714. The first-order chi connectivity index (χ1) is 11.8. The average molecular weight is 327 g/mol. The molecule has 1 aliphatic heterocycles. The lowest BCUT2D eigenvalue weighted by atomic mass is 10.0. The molecule has 0 radical (unpaired) electrons. The van der Waals surface area contributed by atoms with E-state index in [0.29, 0.717) is 18.1 Å². The van der Waals surface area contributed by atoms with Crippen molar-refractivity contribution in [3.05, 3.63) is 36.2 Å². The fourth-order valence-corrected chi connectivity index (χ4v) is 3.23. The second-order valence-electron chi connectivity index (χ2n) is 6.38. The molecule has 0 saturated carbocycles. The summed E-state index contributed by atoms with van der Waals surface area (Å²) in [6, 6.07) is 9.72. The molecule has 2 heterocycles. The molecule has 5 heteroatoms. The van der Waals surface area contributed by atoms with Crippen molar-refractivity contribution in [1.29, 1.82) is 0 Å². The van der Waals surface area contributed by atoms with E-state index in [4.69, 9.17) is 4.52 Å². The molecule has 0 bridgehead atoms. The molecule has 1 aromatic heterocycles. The van der Waals surface area contributed by atoms with Crippen LogP contribution >= 0.6 is 0 Å². The fourth-order valence-electron chi connectivity index (χ4n) is 3.23. The summed E-state index contributed by atoms with van der Waals surface area (Å²) in [4.78, 5) is 19.1. The summed E-state index contributed by atoms with van der Waals surface area (Å²) in [6.45, 7) is 2.94. The van der Waals surface area contributed by atoms with Crippen molar-refractivity contribution in [2.75, 3.05) is 6.54 Å². The Morgan fingerprint density at radius 3 is 2.88 bits per heavy atom. The Bertz CT molecular complexity index is 654. The third kappa shape index (κ3) is 3.83. The Morgan fingerprint density at radius 1 is 1.25 bits per heavy atom. The first kappa shape index (κ1) is 16.7. The number of hydrogen-bond donors (Lipinski definition) is 0. The zero-order chi connectivity index (χ0) is 16.8. The highest BCUT2D eigenvalue weighted by Gasteiger charge is 2.31. The van der Waals surface area contributed by atoms with Crippen LogP contribution < -0.4 is 0 Å². The Balaban J connectivity index is 1.74. The van der Waals surface area contributed by atoms with Crippen molar-refractivity contribution < 1.29 is 9.32 Å². The van der Waals surface area contributed by atoms with Crippen LogP contribution in [0.4, 0.5) is 0 Å². The van der Waals surface area contributed by atoms with Crippen molar-refractivity contribution in [2.45, 2.75) is 57.9 Å². The highest BCUT2D eigenvalue weighted by molar-refractivity contribution is 5.76. The Hall–Kier alpha value is -2.17. The number of piperidine rings is 1. The van der Waals surface area contributed by atoms with E-state index in [1.54, 1.807) is 0 Å². The van der Waals surface area contributed by atoms with Crippen LogP contribution in [0.2, 0.25) is 0 Å². The van der Waals surface area contributed by atoms with E-state index in [9.17, 15) is 4.79 Å². The molecule has 0 unspecified atom stereocenters. The van der Waals surface area contributed by atoms with E-state index in [2.05, 4.69) is 17.1 Å². The average Bonchev–Trinajstić information content (AvgIpc) is 3.12. The number of carbonyl (C=O) groups is 1. The molecule has 5 nitrogen and oxygen atoms in total. The zero-order valence-corrected chi connectivity index (χ0v) is 14.3. The highest BCUT2D eigenvalue weighted by atomic mass is 16.5. The van der Waals surface area contributed by atoms with E-state index >= 15 is 0 Å². The molecule has 1 atom stereocenters. The maximum Gasteiger partial charge on any atom is 0.249 e. The van der Waals surface area contributed by atoms with Gasteiger partial charge in [0, 0.05) is 18.5 Å². The highest BCUT2D eigenvalue weighted by Crippen LogP contribution is 2.31. The number of unbranched alkanes of at least 4 members (excludes halogenated alkanes) is 2. The SMILES string of the molecule is CCCCCC(=O)N1CCCC[C@@H]1c1nc(-c2ccccc2)no1. The predicted molar refractivity (Wildman–Crippen MR) is 92.2 cm³/mol. The number of nitrogens with zero attached hydrogens (tertiary/aromatic N) is 3. The second-order valence-corrected chi connectivity index (χ2v) is 6.38. The smallest absolute Gasteiger partial charge is 0.249 e. The van der Waals surface area contributed by atoms with E-state index in [1.165, 1.54) is 0 Å². The van der Waals surface area contributed by atoms with Crippen molar-refractivity contribution >= 4 is 5.91 Å². The molecule has 1 aliphatic rings. The van der Waals surface area contributed by atoms with Gasteiger partial charge in [0.2, 0.25) is 17.6 Å². The summed E-state index contributed by atoms with van der Waals surface area (Å²) in [5, 5.41) is 4.11. The van der Waals surface area contributed by atoms with Gasteiger partial charge in [-0.05, 0) is 25.7 Å². The van der Waals surface area contributed by atoms with Gasteiger partial charge in [-0.2, -0.15) is 4.98 Å². The van der Waals surface area contributed by atoms with Gasteiger partial charge in [0.05, 0.1) is 0 Å². The number of rotatable bonds is 6. The van der Waals surface area contributed by atoms with Crippen LogP contribution in [0.25, 0.3) is 11.4 Å². The van der Waals surface area contributed by atoms with Crippen LogP contribution in [0.1, 0.15) is 63.8 Å². The van der Waals surface area contributed by atoms with Crippen molar-refractivity contribution in [3.8, 4) is 11.4 Å². The van der Waals surface area contributed by atoms with Crippen LogP contribution in [-0.4, -0.2) is 27.5 Å². The molecular weight excluding hydrogens is 302 g/mol. The first-order valence-electron chi connectivity index (χ1n) is 8.98. The molecule has 2 aromatic rings. The topological polar surface area (TPSA) is 59.2 Å². The van der Waals surface area contributed by atoms with Crippen molar-refractivity contribution in [3.63, 3.8) is 0 Å². The number of aromatic nitrogens is 2. The van der Waals surface area contributed by atoms with Crippen LogP contribution in [0.15, 0.2) is 34.9 Å². The summed E-state index contributed by atoms with van der Waals surface area (Å²) >= 11 is 0. The summed E-state index contributed by atoms with van der Waals surface area (Å²) < 4.78 is 5.51. The standard InChI is InChI=1S/C19H25N3O2/c1-2-3-5-13-17(23)22-14-9-8-12-16(22)19-20-18(21-24-19)15-10-6-4-7-11-15/h4,6-7,10-11,16H,2-3,5,8-9,12-14H2,1H3/t16-/m1/s1. The molecule has 1 amide bonds. The lowest BCUT2D eigenvalue weighted by molar-refractivity contribution is -0.135. The molecule has 24 heavy (non-hydrogen) atoms. The van der Waals surface area contributed by atoms with E-state index in [1.807, 2.05) is 35.2 Å². The van der Waals surface area contributed by atoms with Gasteiger partial charge in [0.25, 0.3) is 0 Å². The molecule has 0 N–H and O–H groups in total. The molecule has 1 aromatic carbocycles. The molecule has 1 saturated heterocycles. The maximum atomic E-state index is 12.6. The number of amides is 1. The van der Waals surface area contributed by atoms with Gasteiger partial charge in [0.1, 0.15) is 6.04 Å². The minimum Gasteiger partial charge on any atom is -0.337 e. The van der Waals surface area contributed by atoms with Gasteiger partial charge in [-0.1, -0.05) is 55.3 Å². The van der Waals surface area contributed by atoms with Crippen LogP contribution in [0.5, 0.6) is 0 Å². The van der Waals surface area contributed by atoms with Crippen LogP contribution in [0.3, 0.4) is 0 Å². The van der Waals surface area contributed by atoms with Gasteiger partial charge in [0.15, 0.2) is 0 Å². The lowest BCUT2D eigenvalue weighted by Crippen LogP contribution is -2.38. The third-order valence-corrected chi connectivity index (χ3v) is 4.58. The van der Waals surface area contributed by atoms with Gasteiger partial charge in [-0.3, -0.25) is 4.79 Å². The van der Waals surface area contributed by atoms with Gasteiger partial charge >= 0.3 is 0 Å². The van der Waals surface area contributed by atoms with Crippen LogP contribution in [0, 0.1) is 0 Å². The summed E-state index contributed by atoms with van der Waals surface area (Å²) in [5.41, 5.74) is 0.934. The quantitative estimate of drug-likeness (QED) is 0.739. The minimum absolute atomic E-state index is 0.0714. The van der Waals surface area contributed by atoms with E-state index < -0.39 is 0 Å². The van der Waals surface area contributed by atoms with E-state index in [-0.39, 0.29) is 11.9 Å². The zero-order valence-electron chi connectivity index (χ0n) is 14.3. The van der Waals surface area contributed by atoms with Gasteiger partial charge in [-0.25, -0.2) is 0 Å². The third-order valence-electron chi connectivity index (χ3n) is 4.58. The summed E-state index contributed by atoms with van der Waals surface area (Å²) in [5.74, 6) is 1.37. The monoisotopic (exact) mass is 327 g/mol. The molecule has 128 valence electrons. The Morgan fingerprint density at radius 2 is 2.08 bits per heavy atom. The molecule has 1 fully saturated rings. The Kier molecular flexibility index (Phi) is 5.62. The second kappa shape index (κ2) is 8.08. The van der Waals surface area contributed by atoms with Crippen LogP contribution in [-0.2, 0) is 4.79 Å². The van der Waals surface area contributed by atoms with Crippen molar-refractivity contribution in [1.82, 2.24) is 15.0 Å². The normalized spacial score (nSPS) is 17.9. The van der Waals surface area contributed by atoms with E-state index in [0.717, 1.165) is 50.6 Å². The number of hydrogen-bond acceptors (Lipinski definition) is 4. The first-order valence-corrected chi connectivity index (χ1v) is 8.98. The largest absolute Gasteiger partial charge is 0.337 e. The van der Waals surface area contributed by atoms with Gasteiger partial charge < -0.3 is 9.42 Å². The lowest BCUT2D eigenvalue weighted by Gasteiger charge is -2.33. The summed E-state index contributed by atoms with van der Waals surface area (Å²) in [6.07, 6.45) is 6.84. The number of likely N-dealkylation sites (tertiary alicyclic amines) is 1. The molecular formula is C19H25N3O2. The van der Waals surface area contributed by atoms with Gasteiger partial charge in [-0.15, -0.1) is 0 Å². The number of carbonyl (C=O) groups excluding carboxylic acids is 1. The molecule has 0 spiro atoms.